The summed E-state index contributed by atoms with van der Waals surface area (Å²) in [6.07, 6.45) is 2.35. The van der Waals surface area contributed by atoms with E-state index in [1.807, 2.05) is 30.3 Å². The summed E-state index contributed by atoms with van der Waals surface area (Å²) in [7, 11) is 0. The summed E-state index contributed by atoms with van der Waals surface area (Å²) < 4.78 is 0. The summed E-state index contributed by atoms with van der Waals surface area (Å²) in [5.74, 6) is 0.929. The number of hydrogen-bond donors (Lipinski definition) is 2. The minimum absolute atomic E-state index is 0.0148. The highest BCUT2D eigenvalue weighted by Gasteiger charge is 2.15. The molecule has 4 heteroatoms. The Bertz CT molecular complexity index is 622. The third kappa shape index (κ3) is 4.85. The van der Waals surface area contributed by atoms with Crippen LogP contribution in [0.5, 0.6) is 0 Å². The summed E-state index contributed by atoms with van der Waals surface area (Å²) in [6.45, 7) is 1.78. The lowest BCUT2D eigenvalue weighted by Gasteiger charge is -2.11. The third-order valence-corrected chi connectivity index (χ3v) is 5.12. The molecule has 3 rings (SSSR count). The minimum atomic E-state index is 0.0148. The average molecular weight is 326 g/mol. The lowest BCUT2D eigenvalue weighted by Crippen LogP contribution is -2.37. The van der Waals surface area contributed by atoms with Gasteiger partial charge in [0.15, 0.2) is 0 Å². The molecule has 0 aromatic heterocycles. The molecule has 1 saturated heterocycles. The normalized spacial score (nSPS) is 17.1. The van der Waals surface area contributed by atoms with E-state index in [2.05, 4.69) is 34.9 Å². The number of hydrogen-bond acceptors (Lipinski definition) is 3. The van der Waals surface area contributed by atoms with Crippen molar-refractivity contribution in [2.45, 2.75) is 29.5 Å². The first kappa shape index (κ1) is 16.1. The molecule has 120 valence electrons. The van der Waals surface area contributed by atoms with Gasteiger partial charge in [0.1, 0.15) is 0 Å². The van der Waals surface area contributed by atoms with Crippen LogP contribution in [0.3, 0.4) is 0 Å². The molecule has 1 aliphatic heterocycles. The quantitative estimate of drug-likeness (QED) is 0.799. The van der Waals surface area contributed by atoms with Crippen molar-refractivity contribution >= 4 is 17.7 Å². The van der Waals surface area contributed by atoms with E-state index in [-0.39, 0.29) is 5.91 Å². The van der Waals surface area contributed by atoms with Gasteiger partial charge in [0.25, 0.3) is 5.91 Å². The molecule has 0 radical (unpaired) electrons. The topological polar surface area (TPSA) is 41.1 Å². The second-order valence-electron chi connectivity index (χ2n) is 5.80. The molecule has 1 unspecified atom stereocenters. The second kappa shape index (κ2) is 8.18. The van der Waals surface area contributed by atoms with E-state index in [0.717, 1.165) is 24.3 Å². The zero-order chi connectivity index (χ0) is 15.9. The molecule has 2 aromatic carbocycles. The number of amides is 1. The van der Waals surface area contributed by atoms with Crippen LogP contribution in [0.1, 0.15) is 28.8 Å². The molecule has 3 nitrogen and oxygen atoms in total. The van der Waals surface area contributed by atoms with Crippen LogP contribution in [0.2, 0.25) is 0 Å². The molecule has 0 bridgehead atoms. The Morgan fingerprint density at radius 2 is 1.91 bits per heavy atom. The van der Waals surface area contributed by atoms with Crippen molar-refractivity contribution in [1.29, 1.82) is 0 Å². The molecule has 1 aliphatic rings. The maximum Gasteiger partial charge on any atom is 0.251 e. The fraction of sp³-hybridized carbons (Fsp3) is 0.316. The van der Waals surface area contributed by atoms with Gasteiger partial charge in [-0.3, -0.25) is 4.79 Å². The standard InChI is InChI=1S/C19H22N2OS/c22-19(21-13-17-5-4-12-20-17)16-10-8-15(9-11-16)14-23-18-6-2-1-3-7-18/h1-3,6-11,17,20H,4-5,12-14H2,(H,21,22). The summed E-state index contributed by atoms with van der Waals surface area (Å²) in [6, 6.07) is 18.7. The summed E-state index contributed by atoms with van der Waals surface area (Å²) in [5.41, 5.74) is 1.96. The van der Waals surface area contributed by atoms with E-state index in [4.69, 9.17) is 0 Å². The van der Waals surface area contributed by atoms with Crippen LogP contribution in [0, 0.1) is 0 Å². The number of carbonyl (C=O) groups is 1. The lowest BCUT2D eigenvalue weighted by atomic mass is 10.1. The van der Waals surface area contributed by atoms with Crippen LogP contribution in [-0.4, -0.2) is 25.0 Å². The van der Waals surface area contributed by atoms with Gasteiger partial charge >= 0.3 is 0 Å². The third-order valence-electron chi connectivity index (χ3n) is 4.04. The van der Waals surface area contributed by atoms with Gasteiger partial charge in [-0.1, -0.05) is 30.3 Å². The molecule has 2 N–H and O–H groups in total. The Morgan fingerprint density at radius 1 is 1.13 bits per heavy atom. The molecule has 0 aliphatic carbocycles. The first-order valence-electron chi connectivity index (χ1n) is 8.09. The number of nitrogens with one attached hydrogen (secondary N) is 2. The number of thioether (sulfide) groups is 1. The van der Waals surface area contributed by atoms with Crippen molar-refractivity contribution < 1.29 is 4.79 Å². The van der Waals surface area contributed by atoms with Crippen molar-refractivity contribution in [3.8, 4) is 0 Å². The number of benzene rings is 2. The Hall–Kier alpha value is -1.78. The predicted octanol–water partition coefficient (Wildman–Crippen LogP) is 3.46. The Balaban J connectivity index is 1.49. The van der Waals surface area contributed by atoms with Gasteiger partial charge in [-0.2, -0.15) is 0 Å². The van der Waals surface area contributed by atoms with E-state index in [1.54, 1.807) is 11.8 Å². The van der Waals surface area contributed by atoms with Gasteiger partial charge in [0.05, 0.1) is 0 Å². The molecule has 1 amide bonds. The van der Waals surface area contributed by atoms with E-state index < -0.39 is 0 Å². The van der Waals surface area contributed by atoms with Gasteiger partial charge in [-0.05, 0) is 49.2 Å². The van der Waals surface area contributed by atoms with E-state index in [0.29, 0.717) is 12.6 Å². The monoisotopic (exact) mass is 326 g/mol. The van der Waals surface area contributed by atoms with Crippen LogP contribution >= 0.6 is 11.8 Å². The van der Waals surface area contributed by atoms with Crippen LogP contribution in [0.15, 0.2) is 59.5 Å². The maximum atomic E-state index is 12.1. The fourth-order valence-electron chi connectivity index (χ4n) is 2.68. The molecule has 0 saturated carbocycles. The highest BCUT2D eigenvalue weighted by Crippen LogP contribution is 2.22. The SMILES string of the molecule is O=C(NCC1CCCN1)c1ccc(CSc2ccccc2)cc1. The molecular formula is C19H22N2OS. The van der Waals surface area contributed by atoms with Crippen molar-refractivity contribution in [1.82, 2.24) is 10.6 Å². The highest BCUT2D eigenvalue weighted by molar-refractivity contribution is 7.98. The largest absolute Gasteiger partial charge is 0.350 e. The smallest absolute Gasteiger partial charge is 0.251 e. The zero-order valence-corrected chi connectivity index (χ0v) is 13.9. The molecule has 23 heavy (non-hydrogen) atoms. The number of rotatable bonds is 6. The average Bonchev–Trinajstić information content (AvgIpc) is 3.13. The Labute approximate surface area is 141 Å². The minimum Gasteiger partial charge on any atom is -0.350 e. The maximum absolute atomic E-state index is 12.1. The Kier molecular flexibility index (Phi) is 5.72. The van der Waals surface area contributed by atoms with Crippen molar-refractivity contribution in [2.24, 2.45) is 0 Å². The van der Waals surface area contributed by atoms with Crippen LogP contribution < -0.4 is 10.6 Å². The van der Waals surface area contributed by atoms with Gasteiger partial charge < -0.3 is 10.6 Å². The highest BCUT2D eigenvalue weighted by atomic mass is 32.2. The van der Waals surface area contributed by atoms with Gasteiger partial charge in [-0.15, -0.1) is 11.8 Å². The van der Waals surface area contributed by atoms with Crippen LogP contribution in [-0.2, 0) is 5.75 Å². The summed E-state index contributed by atoms with van der Waals surface area (Å²) in [4.78, 5) is 13.4. The van der Waals surface area contributed by atoms with E-state index in [9.17, 15) is 4.79 Å². The van der Waals surface area contributed by atoms with E-state index in [1.165, 1.54) is 16.9 Å². The van der Waals surface area contributed by atoms with Gasteiger partial charge in [0, 0.05) is 28.8 Å². The van der Waals surface area contributed by atoms with Crippen molar-refractivity contribution in [3.05, 3.63) is 65.7 Å². The molecular weight excluding hydrogens is 304 g/mol. The first-order valence-corrected chi connectivity index (χ1v) is 9.08. The van der Waals surface area contributed by atoms with Crippen molar-refractivity contribution in [2.75, 3.05) is 13.1 Å². The van der Waals surface area contributed by atoms with Crippen LogP contribution in [0.25, 0.3) is 0 Å². The van der Waals surface area contributed by atoms with Crippen molar-refractivity contribution in [3.63, 3.8) is 0 Å². The molecule has 1 heterocycles. The second-order valence-corrected chi connectivity index (χ2v) is 6.85. The molecule has 1 atom stereocenters. The number of carbonyl (C=O) groups excluding carboxylic acids is 1. The van der Waals surface area contributed by atoms with Crippen LogP contribution in [0.4, 0.5) is 0 Å². The first-order chi connectivity index (χ1) is 11.3. The predicted molar refractivity (Wildman–Crippen MR) is 95.8 cm³/mol. The molecule has 0 spiro atoms. The molecule has 1 fully saturated rings. The zero-order valence-electron chi connectivity index (χ0n) is 13.1. The fourth-order valence-corrected chi connectivity index (χ4v) is 3.56. The van der Waals surface area contributed by atoms with E-state index >= 15 is 0 Å². The van der Waals surface area contributed by atoms with Gasteiger partial charge in [-0.25, -0.2) is 0 Å². The van der Waals surface area contributed by atoms with Gasteiger partial charge in [0.2, 0.25) is 0 Å². The lowest BCUT2D eigenvalue weighted by molar-refractivity contribution is 0.0950. The summed E-state index contributed by atoms with van der Waals surface area (Å²) >= 11 is 1.81. The Morgan fingerprint density at radius 3 is 2.61 bits per heavy atom. The summed E-state index contributed by atoms with van der Waals surface area (Å²) in [5, 5.41) is 6.40. The molecule has 2 aromatic rings.